The molecule has 0 saturated carbocycles. The lowest BCUT2D eigenvalue weighted by Gasteiger charge is -2.07. The summed E-state index contributed by atoms with van der Waals surface area (Å²) in [5.41, 5.74) is 0.505. The third-order valence-electron chi connectivity index (χ3n) is 3.34. The molecular weight excluding hydrogens is 332 g/mol. The Hall–Kier alpha value is -3.08. The second-order valence-corrected chi connectivity index (χ2v) is 5.40. The highest BCUT2D eigenvalue weighted by molar-refractivity contribution is 6.05. The summed E-state index contributed by atoms with van der Waals surface area (Å²) < 4.78 is 9.94. The minimum atomic E-state index is -0.940. The molecule has 138 valence electrons. The molecule has 1 N–H and O–H groups in total. The zero-order chi connectivity index (χ0) is 19.4. The van der Waals surface area contributed by atoms with Crippen molar-refractivity contribution in [1.29, 1.82) is 0 Å². The number of aliphatic hydroxyl groups is 1. The predicted molar refractivity (Wildman–Crippen MR) is 101 cm³/mol. The van der Waals surface area contributed by atoms with Gasteiger partial charge in [0.15, 0.2) is 5.78 Å². The van der Waals surface area contributed by atoms with Gasteiger partial charge in [-0.05, 0) is 44.6 Å². The Labute approximate surface area is 153 Å². The fourth-order valence-electron chi connectivity index (χ4n) is 1.77. The predicted octanol–water partition coefficient (Wildman–Crippen LogP) is 4.56. The molecule has 0 spiro atoms. The molecule has 1 atom stereocenters. The van der Waals surface area contributed by atoms with Crippen LogP contribution in [-0.4, -0.2) is 23.5 Å². The Morgan fingerprint density at radius 1 is 1.23 bits per heavy atom. The van der Waals surface area contributed by atoms with Crippen LogP contribution < -0.4 is 0 Å². The number of esters is 1. The summed E-state index contributed by atoms with van der Waals surface area (Å²) in [5.74, 6) is -1.45. The second-order valence-electron chi connectivity index (χ2n) is 5.40. The molecule has 0 saturated heterocycles. The number of hydrogen-bond acceptors (Lipinski definition) is 5. The molecule has 0 radical (unpaired) electrons. The maximum atomic E-state index is 11.9. The largest absolute Gasteiger partial charge is 0.508 e. The first-order chi connectivity index (χ1) is 12.5. The van der Waals surface area contributed by atoms with E-state index in [1.165, 1.54) is 6.92 Å². The molecule has 1 unspecified atom stereocenters. The van der Waals surface area contributed by atoms with Crippen LogP contribution in [0.5, 0.6) is 0 Å². The Balaban J connectivity index is 2.56. The molecule has 0 fully saturated rings. The number of carbonyl (C=O) groups excluding carboxylic acids is 2. The molecule has 1 heterocycles. The van der Waals surface area contributed by atoms with Crippen molar-refractivity contribution in [2.75, 3.05) is 6.61 Å². The van der Waals surface area contributed by atoms with Crippen molar-refractivity contribution >= 4 is 17.8 Å². The molecule has 0 bridgehead atoms. The first kappa shape index (κ1) is 21.0. The molecule has 0 aliphatic carbocycles. The van der Waals surface area contributed by atoms with Crippen LogP contribution in [0.4, 0.5) is 0 Å². The van der Waals surface area contributed by atoms with Gasteiger partial charge in [-0.3, -0.25) is 9.59 Å². The van der Waals surface area contributed by atoms with Gasteiger partial charge in [0.2, 0.25) is 0 Å². The first-order valence-corrected chi connectivity index (χ1v) is 8.29. The van der Waals surface area contributed by atoms with Gasteiger partial charge in [0.25, 0.3) is 0 Å². The number of carbonyl (C=O) groups is 2. The van der Waals surface area contributed by atoms with Crippen LogP contribution in [0.15, 0.2) is 76.7 Å². The average Bonchev–Trinajstić information content (AvgIpc) is 3.13. The van der Waals surface area contributed by atoms with Crippen molar-refractivity contribution in [3.8, 4) is 0 Å². The summed E-state index contributed by atoms with van der Waals surface area (Å²) in [4.78, 5) is 23.4. The quantitative estimate of drug-likeness (QED) is 0.231. The van der Waals surface area contributed by atoms with E-state index >= 15 is 0 Å². The number of hydrogen-bond donors (Lipinski definition) is 1. The first-order valence-electron chi connectivity index (χ1n) is 8.29. The molecule has 1 aromatic heterocycles. The van der Waals surface area contributed by atoms with Crippen LogP contribution in [0.25, 0.3) is 6.08 Å². The molecule has 26 heavy (non-hydrogen) atoms. The van der Waals surface area contributed by atoms with Crippen LogP contribution in [-0.2, 0) is 14.3 Å². The van der Waals surface area contributed by atoms with Gasteiger partial charge in [0.1, 0.15) is 17.4 Å². The summed E-state index contributed by atoms with van der Waals surface area (Å²) in [6, 6.07) is 3.67. The van der Waals surface area contributed by atoms with Crippen molar-refractivity contribution in [3.63, 3.8) is 0 Å². The van der Waals surface area contributed by atoms with Gasteiger partial charge in [-0.15, -0.1) is 0 Å². The van der Waals surface area contributed by atoms with Crippen molar-refractivity contribution in [2.24, 2.45) is 5.92 Å². The number of rotatable bonds is 9. The van der Waals surface area contributed by atoms with E-state index in [4.69, 9.17) is 9.15 Å². The molecule has 1 rings (SSSR count). The van der Waals surface area contributed by atoms with Crippen molar-refractivity contribution in [3.05, 3.63) is 78.0 Å². The van der Waals surface area contributed by atoms with E-state index in [9.17, 15) is 14.7 Å². The Kier molecular flexibility index (Phi) is 9.25. The molecule has 1 aromatic rings. The van der Waals surface area contributed by atoms with E-state index in [0.717, 1.165) is 11.8 Å². The van der Waals surface area contributed by atoms with E-state index in [2.05, 4.69) is 0 Å². The molecular formula is C21H24O5. The number of furan rings is 1. The summed E-state index contributed by atoms with van der Waals surface area (Å²) in [5, 5.41) is 9.94. The number of allylic oxidation sites excluding steroid dienone is 8. The Morgan fingerprint density at radius 2 is 1.92 bits per heavy atom. The molecule has 0 amide bonds. The monoisotopic (exact) mass is 356 g/mol. The average molecular weight is 356 g/mol. The molecule has 0 aromatic carbocycles. The number of ketones is 1. The van der Waals surface area contributed by atoms with Gasteiger partial charge < -0.3 is 14.3 Å². The van der Waals surface area contributed by atoms with Gasteiger partial charge in [0, 0.05) is 6.08 Å². The Bertz CT molecular complexity index is 730. The third-order valence-corrected chi connectivity index (χ3v) is 3.34. The lowest BCUT2D eigenvalue weighted by atomic mass is 10.0. The fraction of sp³-hybridized carbons (Fsp3) is 0.238. The van der Waals surface area contributed by atoms with Crippen LogP contribution in [0, 0.1) is 5.92 Å². The SMILES string of the molecule is CCOC(=O)C(C)C(=O)/C=C(O)/C(C)=C/C=C/C=C/C=C/c1ccco1. The molecule has 5 nitrogen and oxygen atoms in total. The van der Waals surface area contributed by atoms with E-state index < -0.39 is 17.7 Å². The summed E-state index contributed by atoms with van der Waals surface area (Å²) in [7, 11) is 0. The minimum absolute atomic E-state index is 0.183. The van der Waals surface area contributed by atoms with Crippen molar-refractivity contribution in [1.82, 2.24) is 0 Å². The fourth-order valence-corrected chi connectivity index (χ4v) is 1.77. The zero-order valence-corrected chi connectivity index (χ0v) is 15.2. The molecule has 5 heteroatoms. The lowest BCUT2D eigenvalue weighted by Crippen LogP contribution is -2.22. The highest BCUT2D eigenvalue weighted by Gasteiger charge is 2.21. The molecule has 0 aliphatic heterocycles. The van der Waals surface area contributed by atoms with Gasteiger partial charge in [0.05, 0.1) is 12.9 Å². The molecule has 0 aliphatic rings. The van der Waals surface area contributed by atoms with E-state index in [0.29, 0.717) is 5.57 Å². The standard InChI is InChI=1S/C21H24O5/c1-4-25-21(24)17(3)20(23)15-19(22)16(2)11-8-6-5-7-9-12-18-13-10-14-26-18/h5-15,17,22H,4H2,1-3H3/b7-5+,8-6+,12-9+,16-11+,19-15-. The third kappa shape index (κ3) is 7.66. The highest BCUT2D eigenvalue weighted by atomic mass is 16.5. The summed E-state index contributed by atoms with van der Waals surface area (Å²) in [6.45, 7) is 4.99. The number of aliphatic hydroxyl groups excluding tert-OH is 1. The minimum Gasteiger partial charge on any atom is -0.508 e. The highest BCUT2D eigenvalue weighted by Crippen LogP contribution is 2.09. The maximum Gasteiger partial charge on any atom is 0.316 e. The van der Waals surface area contributed by atoms with Crippen LogP contribution in [0.2, 0.25) is 0 Å². The van der Waals surface area contributed by atoms with Crippen LogP contribution in [0.3, 0.4) is 0 Å². The normalized spacial score (nSPS) is 14.4. The van der Waals surface area contributed by atoms with Crippen LogP contribution in [0.1, 0.15) is 26.5 Å². The Morgan fingerprint density at radius 3 is 2.58 bits per heavy atom. The van der Waals surface area contributed by atoms with Crippen molar-refractivity contribution < 1.29 is 23.8 Å². The van der Waals surface area contributed by atoms with E-state index in [1.54, 1.807) is 38.3 Å². The number of ether oxygens (including phenoxy) is 1. The van der Waals surface area contributed by atoms with Crippen LogP contribution >= 0.6 is 0 Å². The smallest absolute Gasteiger partial charge is 0.316 e. The second kappa shape index (κ2) is 11.5. The van der Waals surface area contributed by atoms with Crippen molar-refractivity contribution in [2.45, 2.75) is 20.8 Å². The van der Waals surface area contributed by atoms with E-state index in [-0.39, 0.29) is 12.4 Å². The topological polar surface area (TPSA) is 76.7 Å². The zero-order valence-electron chi connectivity index (χ0n) is 15.2. The van der Waals surface area contributed by atoms with Gasteiger partial charge in [-0.25, -0.2) is 0 Å². The lowest BCUT2D eigenvalue weighted by molar-refractivity contribution is -0.149. The summed E-state index contributed by atoms with van der Waals surface area (Å²) in [6.07, 6.45) is 15.2. The van der Waals surface area contributed by atoms with E-state index in [1.807, 2.05) is 36.4 Å². The summed E-state index contributed by atoms with van der Waals surface area (Å²) >= 11 is 0. The van der Waals surface area contributed by atoms with Gasteiger partial charge >= 0.3 is 5.97 Å². The van der Waals surface area contributed by atoms with Gasteiger partial charge in [-0.2, -0.15) is 0 Å². The maximum absolute atomic E-state index is 11.9. The van der Waals surface area contributed by atoms with Gasteiger partial charge in [-0.1, -0.05) is 36.5 Å².